The molecule has 2 aromatic rings. The van der Waals surface area contributed by atoms with Gasteiger partial charge in [0.05, 0.1) is 12.3 Å². The molecular weight excluding hydrogens is 298 g/mol. The number of nitrogens with zero attached hydrogens (tertiary/aromatic N) is 2. The van der Waals surface area contributed by atoms with Gasteiger partial charge in [0.15, 0.2) is 0 Å². The van der Waals surface area contributed by atoms with Crippen LogP contribution >= 0.6 is 0 Å². The van der Waals surface area contributed by atoms with Crippen LogP contribution in [0, 0.1) is 5.92 Å². The number of aromatic nitrogens is 2. The first-order valence-electron chi connectivity index (χ1n) is 8.51. The normalized spacial score (nSPS) is 20.3. The summed E-state index contributed by atoms with van der Waals surface area (Å²) in [6.45, 7) is 1.57. The highest BCUT2D eigenvalue weighted by molar-refractivity contribution is 5.67. The Bertz CT molecular complexity index is 782. The van der Waals surface area contributed by atoms with Gasteiger partial charge < -0.3 is 10.1 Å². The van der Waals surface area contributed by atoms with Gasteiger partial charge >= 0.3 is 0 Å². The zero-order valence-corrected chi connectivity index (χ0v) is 13.6. The molecule has 4 nitrogen and oxygen atoms in total. The lowest BCUT2D eigenvalue weighted by atomic mass is 9.93. The number of ether oxygens (including phenoxy) is 1. The van der Waals surface area contributed by atoms with E-state index in [-0.39, 0.29) is 0 Å². The SMILES string of the molecule is C1=CC2COCCCc3cccc(c3)Nc3nccc(n3)C(=C1)C2. The Morgan fingerprint density at radius 3 is 3.21 bits per heavy atom. The van der Waals surface area contributed by atoms with Crippen LogP contribution in [0.5, 0.6) is 0 Å². The summed E-state index contributed by atoms with van der Waals surface area (Å²) < 4.78 is 5.90. The van der Waals surface area contributed by atoms with Gasteiger partial charge in [-0.2, -0.15) is 0 Å². The molecule has 1 N–H and O–H groups in total. The van der Waals surface area contributed by atoms with Gasteiger partial charge in [0.2, 0.25) is 5.95 Å². The molecule has 1 aromatic carbocycles. The first kappa shape index (κ1) is 15.1. The van der Waals surface area contributed by atoms with E-state index in [2.05, 4.69) is 46.7 Å². The number of hydrogen-bond acceptors (Lipinski definition) is 4. The minimum Gasteiger partial charge on any atom is -0.381 e. The Hall–Kier alpha value is -2.46. The lowest BCUT2D eigenvalue weighted by molar-refractivity contribution is 0.111. The molecule has 0 fully saturated rings. The minimum absolute atomic E-state index is 0.419. The summed E-state index contributed by atoms with van der Waals surface area (Å²) in [6.07, 6.45) is 11.3. The fourth-order valence-corrected chi connectivity index (χ4v) is 3.20. The van der Waals surface area contributed by atoms with Gasteiger partial charge in [0, 0.05) is 24.4 Å². The van der Waals surface area contributed by atoms with Crippen molar-refractivity contribution in [2.24, 2.45) is 5.92 Å². The number of hydrogen-bond donors (Lipinski definition) is 1. The third-order valence-electron chi connectivity index (χ3n) is 4.42. The second-order valence-electron chi connectivity index (χ2n) is 6.31. The van der Waals surface area contributed by atoms with Crippen LogP contribution in [0.25, 0.3) is 5.57 Å². The average Bonchev–Trinajstić information content (AvgIpc) is 2.62. The maximum Gasteiger partial charge on any atom is 0.227 e. The monoisotopic (exact) mass is 319 g/mol. The van der Waals surface area contributed by atoms with Crippen molar-refractivity contribution in [3.63, 3.8) is 0 Å². The molecule has 1 unspecified atom stereocenters. The van der Waals surface area contributed by atoms with Gasteiger partial charge in [0.25, 0.3) is 0 Å². The highest BCUT2D eigenvalue weighted by atomic mass is 16.5. The summed E-state index contributed by atoms with van der Waals surface area (Å²) in [4.78, 5) is 9.06. The number of fused-ring (bicyclic) bond motifs is 7. The fourth-order valence-electron chi connectivity index (χ4n) is 3.20. The quantitative estimate of drug-likeness (QED) is 0.792. The zero-order valence-electron chi connectivity index (χ0n) is 13.6. The van der Waals surface area contributed by atoms with Crippen molar-refractivity contribution in [2.45, 2.75) is 19.3 Å². The summed E-state index contributed by atoms with van der Waals surface area (Å²) in [7, 11) is 0. The van der Waals surface area contributed by atoms with Crippen molar-refractivity contribution < 1.29 is 4.74 Å². The summed E-state index contributed by atoms with van der Waals surface area (Å²) in [5, 5.41) is 3.33. The van der Waals surface area contributed by atoms with Gasteiger partial charge in [-0.25, -0.2) is 9.97 Å². The van der Waals surface area contributed by atoms with E-state index in [1.807, 2.05) is 18.3 Å². The second-order valence-corrected chi connectivity index (χ2v) is 6.31. The average molecular weight is 319 g/mol. The molecule has 0 radical (unpaired) electrons. The topological polar surface area (TPSA) is 47.0 Å². The third-order valence-corrected chi connectivity index (χ3v) is 4.42. The van der Waals surface area contributed by atoms with Crippen LogP contribution in [0.2, 0.25) is 0 Å². The van der Waals surface area contributed by atoms with Crippen molar-refractivity contribution in [3.8, 4) is 0 Å². The molecule has 0 saturated heterocycles. The molecule has 1 aliphatic heterocycles. The summed E-state index contributed by atoms with van der Waals surface area (Å²) in [5.74, 6) is 1.06. The highest BCUT2D eigenvalue weighted by Gasteiger charge is 2.15. The van der Waals surface area contributed by atoms with Crippen LogP contribution in [0.4, 0.5) is 11.6 Å². The first-order chi connectivity index (χ1) is 11.9. The lowest BCUT2D eigenvalue weighted by Crippen LogP contribution is -2.11. The third kappa shape index (κ3) is 3.54. The van der Waals surface area contributed by atoms with E-state index in [1.165, 1.54) is 11.1 Å². The van der Waals surface area contributed by atoms with E-state index in [4.69, 9.17) is 9.72 Å². The predicted octanol–water partition coefficient (Wildman–Crippen LogP) is 4.14. The Balaban J connectivity index is 1.67. The van der Waals surface area contributed by atoms with Gasteiger partial charge in [-0.05, 0) is 48.6 Å². The zero-order chi connectivity index (χ0) is 16.2. The predicted molar refractivity (Wildman–Crippen MR) is 96.1 cm³/mol. The van der Waals surface area contributed by atoms with E-state index in [0.717, 1.165) is 43.9 Å². The van der Waals surface area contributed by atoms with Crippen molar-refractivity contribution in [2.75, 3.05) is 18.5 Å². The Kier molecular flexibility index (Phi) is 4.38. The smallest absolute Gasteiger partial charge is 0.227 e. The molecule has 6 bridgehead atoms. The molecule has 1 atom stereocenters. The molecule has 0 amide bonds. The molecule has 0 spiro atoms. The van der Waals surface area contributed by atoms with Gasteiger partial charge in [-0.15, -0.1) is 0 Å². The molecule has 1 aromatic heterocycles. The van der Waals surface area contributed by atoms with Crippen LogP contribution < -0.4 is 5.32 Å². The maximum absolute atomic E-state index is 5.90. The minimum atomic E-state index is 0.419. The molecule has 0 saturated carbocycles. The molecule has 24 heavy (non-hydrogen) atoms. The Labute approximate surface area is 142 Å². The van der Waals surface area contributed by atoms with Gasteiger partial charge in [-0.1, -0.05) is 30.4 Å². The van der Waals surface area contributed by atoms with Gasteiger partial charge in [-0.3, -0.25) is 0 Å². The standard InChI is InChI=1S/C20H21N3O/c1-5-16-12-17(7-1)19-9-10-21-20(23-19)22-18-8-2-4-15(13-18)6-3-11-24-14-16/h1-2,4-5,7-10,13,16H,3,6,11-12,14H2,(H,21,22,23). The molecule has 2 heterocycles. The molecular formula is C20H21N3O. The van der Waals surface area contributed by atoms with E-state index in [0.29, 0.717) is 11.9 Å². The van der Waals surface area contributed by atoms with Crippen LogP contribution in [0.15, 0.2) is 54.8 Å². The number of nitrogens with one attached hydrogen (secondary N) is 1. The first-order valence-corrected chi connectivity index (χ1v) is 8.51. The van der Waals surface area contributed by atoms with Crippen LogP contribution in [-0.2, 0) is 11.2 Å². The number of benzene rings is 1. The van der Waals surface area contributed by atoms with E-state index in [9.17, 15) is 0 Å². The molecule has 4 rings (SSSR count). The summed E-state index contributed by atoms with van der Waals surface area (Å²) >= 11 is 0. The summed E-state index contributed by atoms with van der Waals surface area (Å²) in [5.41, 5.74) is 4.54. The van der Waals surface area contributed by atoms with Crippen molar-refractivity contribution in [1.29, 1.82) is 0 Å². The maximum atomic E-state index is 5.90. The molecule has 2 aliphatic rings. The van der Waals surface area contributed by atoms with Crippen LogP contribution in [-0.4, -0.2) is 23.2 Å². The largest absolute Gasteiger partial charge is 0.381 e. The summed E-state index contributed by atoms with van der Waals surface area (Å²) in [6, 6.07) is 10.4. The number of aryl methyl sites for hydroxylation is 1. The Morgan fingerprint density at radius 1 is 1.21 bits per heavy atom. The molecule has 122 valence electrons. The van der Waals surface area contributed by atoms with E-state index < -0.39 is 0 Å². The number of rotatable bonds is 0. The molecule has 4 heteroatoms. The van der Waals surface area contributed by atoms with Gasteiger partial charge in [0.1, 0.15) is 0 Å². The second kappa shape index (κ2) is 6.97. The fraction of sp³-hybridized carbons (Fsp3) is 0.300. The van der Waals surface area contributed by atoms with Crippen molar-refractivity contribution >= 4 is 17.2 Å². The lowest BCUT2D eigenvalue weighted by Gasteiger charge is -2.18. The van der Waals surface area contributed by atoms with Crippen molar-refractivity contribution in [1.82, 2.24) is 9.97 Å². The van der Waals surface area contributed by atoms with E-state index >= 15 is 0 Å². The highest BCUT2D eigenvalue weighted by Crippen LogP contribution is 2.27. The van der Waals surface area contributed by atoms with Crippen molar-refractivity contribution in [3.05, 3.63) is 66.0 Å². The Morgan fingerprint density at radius 2 is 2.21 bits per heavy atom. The van der Waals surface area contributed by atoms with E-state index in [1.54, 1.807) is 0 Å². The van der Waals surface area contributed by atoms with Crippen LogP contribution in [0.3, 0.4) is 0 Å². The molecule has 1 aliphatic carbocycles. The number of allylic oxidation sites excluding steroid dienone is 3. The number of anilines is 2. The van der Waals surface area contributed by atoms with Crippen LogP contribution in [0.1, 0.15) is 24.1 Å².